The molecule has 1 aliphatic heterocycles. The van der Waals surface area contributed by atoms with E-state index in [0.717, 1.165) is 17.8 Å². The maximum Gasteiger partial charge on any atom is 0.246 e. The van der Waals surface area contributed by atoms with Gasteiger partial charge in [0.05, 0.1) is 41.7 Å². The maximum atomic E-state index is 16.1. The fraction of sp³-hybridized carbons (Fsp3) is 0.229. The summed E-state index contributed by atoms with van der Waals surface area (Å²) in [5.41, 5.74) is 4.31. The molecule has 0 saturated heterocycles. The van der Waals surface area contributed by atoms with Crippen molar-refractivity contribution >= 4 is 38.4 Å². The van der Waals surface area contributed by atoms with Gasteiger partial charge in [-0.25, -0.2) is 18.7 Å². The summed E-state index contributed by atoms with van der Waals surface area (Å²) < 4.78 is 46.1. The summed E-state index contributed by atoms with van der Waals surface area (Å²) in [5.74, 6) is -1.80. The molecule has 7 rings (SSSR count). The van der Waals surface area contributed by atoms with Crippen molar-refractivity contribution in [3.05, 3.63) is 83.7 Å². The van der Waals surface area contributed by atoms with E-state index in [1.807, 2.05) is 42.2 Å². The molecular formula is C35H29F2N7O3S. The molecular weight excluding hydrogens is 636 g/mol. The number of amides is 1. The van der Waals surface area contributed by atoms with Crippen molar-refractivity contribution in [2.45, 2.75) is 19.5 Å². The first-order chi connectivity index (χ1) is 23.2. The minimum Gasteiger partial charge on any atom is -0.490 e. The maximum absolute atomic E-state index is 16.1. The summed E-state index contributed by atoms with van der Waals surface area (Å²) in [6.45, 7) is 6.69. The van der Waals surface area contributed by atoms with E-state index < -0.39 is 11.6 Å². The molecule has 48 heavy (non-hydrogen) atoms. The normalized spacial score (nSPS) is 14.3. The highest BCUT2D eigenvalue weighted by molar-refractivity contribution is 7.18. The van der Waals surface area contributed by atoms with Crippen LogP contribution in [0.2, 0.25) is 0 Å². The molecule has 0 saturated carbocycles. The number of carbonyl (C=O) groups is 1. The van der Waals surface area contributed by atoms with Gasteiger partial charge in [-0.2, -0.15) is 10.4 Å². The van der Waals surface area contributed by atoms with Gasteiger partial charge in [0.2, 0.25) is 5.91 Å². The molecule has 6 aromatic rings. The van der Waals surface area contributed by atoms with Crippen LogP contribution in [-0.2, 0) is 23.1 Å². The van der Waals surface area contributed by atoms with E-state index in [1.54, 1.807) is 21.9 Å². The highest BCUT2D eigenvalue weighted by Crippen LogP contribution is 2.47. The van der Waals surface area contributed by atoms with E-state index in [-0.39, 0.29) is 36.5 Å². The number of thiophene rings is 1. The first-order valence-corrected chi connectivity index (χ1v) is 16.0. The Hall–Kier alpha value is -5.45. The monoisotopic (exact) mass is 665 g/mol. The number of halogens is 2. The zero-order valence-corrected chi connectivity index (χ0v) is 27.1. The number of aromatic nitrogens is 5. The second-order valence-corrected chi connectivity index (χ2v) is 12.3. The van der Waals surface area contributed by atoms with E-state index in [9.17, 15) is 14.4 Å². The van der Waals surface area contributed by atoms with Gasteiger partial charge < -0.3 is 18.9 Å². The Labute approximate surface area is 278 Å². The molecule has 1 aliphatic rings. The first kappa shape index (κ1) is 31.2. The Morgan fingerprint density at radius 2 is 2.00 bits per heavy atom. The standard InChI is InChI=1S/C35H29F2N7O3S/c1-5-29(45)43-7-8-44-27(19(43)2)15-26(41-44)33-31(30-25(37)13-22(36)14-28(30)47-10-9-46-4)34-23(6-11-48-34)32(40-33)20-12-24-21(16-38)18-42(3)35(24)39-17-20/h5-6,11-15,17-19H,1,7-10H2,2-4H3. The number of aryl methyl sites for hydroxylation is 1. The molecule has 1 unspecified atom stereocenters. The number of hydrogen-bond donors (Lipinski definition) is 0. The number of nitriles is 1. The third-order valence-electron chi connectivity index (χ3n) is 8.59. The average molecular weight is 666 g/mol. The molecule has 1 atom stereocenters. The highest BCUT2D eigenvalue weighted by atomic mass is 32.1. The van der Waals surface area contributed by atoms with Crippen LogP contribution in [0.25, 0.3) is 54.9 Å². The summed E-state index contributed by atoms with van der Waals surface area (Å²) in [6, 6.07) is 9.51. The molecule has 0 fully saturated rings. The van der Waals surface area contributed by atoms with E-state index in [4.69, 9.17) is 19.6 Å². The molecule has 242 valence electrons. The lowest BCUT2D eigenvalue weighted by Crippen LogP contribution is -2.40. The predicted molar refractivity (Wildman–Crippen MR) is 178 cm³/mol. The molecule has 13 heteroatoms. The van der Waals surface area contributed by atoms with Gasteiger partial charge >= 0.3 is 0 Å². The van der Waals surface area contributed by atoms with Crippen LogP contribution < -0.4 is 4.74 Å². The molecule has 1 amide bonds. The van der Waals surface area contributed by atoms with E-state index in [0.29, 0.717) is 68.0 Å². The van der Waals surface area contributed by atoms with Gasteiger partial charge in [0.1, 0.15) is 47.1 Å². The number of rotatable bonds is 8. The molecule has 0 spiro atoms. The number of ether oxygens (including phenoxy) is 2. The SMILES string of the molecule is C=CC(=O)N1CCn2nc(-c3nc(-c4cnc5c(c4)c(C#N)cn5C)c4ccsc4c3-c3c(F)cc(F)cc3OCCOC)cc2C1C. The van der Waals surface area contributed by atoms with Crippen LogP contribution >= 0.6 is 11.3 Å². The zero-order chi connectivity index (χ0) is 33.7. The number of fused-ring (bicyclic) bond motifs is 3. The van der Waals surface area contributed by atoms with E-state index >= 15 is 4.39 Å². The molecule has 0 aliphatic carbocycles. The highest BCUT2D eigenvalue weighted by Gasteiger charge is 2.31. The molecule has 5 aromatic heterocycles. The van der Waals surface area contributed by atoms with Crippen molar-refractivity contribution in [1.29, 1.82) is 5.26 Å². The minimum absolute atomic E-state index is 0.00109. The fourth-order valence-electron chi connectivity index (χ4n) is 6.32. The molecule has 1 aromatic carbocycles. The number of nitrogens with zero attached hydrogens (tertiary/aromatic N) is 7. The summed E-state index contributed by atoms with van der Waals surface area (Å²) in [4.78, 5) is 24.1. The van der Waals surface area contributed by atoms with Gasteiger partial charge in [0.25, 0.3) is 0 Å². The second-order valence-electron chi connectivity index (χ2n) is 11.4. The Kier molecular flexibility index (Phi) is 7.98. The lowest BCUT2D eigenvalue weighted by Gasteiger charge is -2.33. The molecule has 0 bridgehead atoms. The predicted octanol–water partition coefficient (Wildman–Crippen LogP) is 6.64. The summed E-state index contributed by atoms with van der Waals surface area (Å²) in [7, 11) is 3.34. The summed E-state index contributed by atoms with van der Waals surface area (Å²) >= 11 is 1.38. The Balaban J connectivity index is 1.52. The van der Waals surface area contributed by atoms with Crippen LogP contribution in [-0.4, -0.2) is 62.0 Å². The van der Waals surface area contributed by atoms with Gasteiger partial charge in [0, 0.05) is 71.8 Å². The van der Waals surface area contributed by atoms with Gasteiger partial charge in [-0.1, -0.05) is 6.58 Å². The van der Waals surface area contributed by atoms with Crippen molar-refractivity contribution in [3.8, 4) is 45.6 Å². The molecule has 6 heterocycles. The number of hydrogen-bond acceptors (Lipinski definition) is 8. The smallest absolute Gasteiger partial charge is 0.246 e. The summed E-state index contributed by atoms with van der Waals surface area (Å²) in [5, 5.41) is 18.0. The van der Waals surface area contributed by atoms with Crippen LogP contribution in [0.3, 0.4) is 0 Å². The third kappa shape index (κ3) is 5.10. The molecule has 0 N–H and O–H groups in total. The van der Waals surface area contributed by atoms with Crippen molar-refractivity contribution in [2.75, 3.05) is 26.9 Å². The van der Waals surface area contributed by atoms with E-state index in [2.05, 4.69) is 17.6 Å². The van der Waals surface area contributed by atoms with Crippen LogP contribution in [0.15, 0.2) is 60.8 Å². The van der Waals surface area contributed by atoms with Crippen molar-refractivity contribution in [2.24, 2.45) is 7.05 Å². The van der Waals surface area contributed by atoms with Crippen LogP contribution in [0, 0.1) is 23.0 Å². The first-order valence-electron chi connectivity index (χ1n) is 15.1. The van der Waals surface area contributed by atoms with Crippen LogP contribution in [0.5, 0.6) is 5.75 Å². The third-order valence-corrected chi connectivity index (χ3v) is 9.52. The topological polar surface area (TPSA) is 111 Å². The number of benzene rings is 1. The van der Waals surface area contributed by atoms with Crippen molar-refractivity contribution < 1.29 is 23.0 Å². The minimum atomic E-state index is -0.820. The van der Waals surface area contributed by atoms with Gasteiger partial charge in [0.15, 0.2) is 0 Å². The van der Waals surface area contributed by atoms with Gasteiger partial charge in [-0.05, 0) is 36.6 Å². The average Bonchev–Trinajstić information content (AvgIpc) is 3.82. The Bertz CT molecular complexity index is 2300. The molecule has 0 radical (unpaired) electrons. The van der Waals surface area contributed by atoms with Gasteiger partial charge in [-0.15, -0.1) is 11.3 Å². The largest absolute Gasteiger partial charge is 0.490 e. The lowest BCUT2D eigenvalue weighted by molar-refractivity contribution is -0.129. The van der Waals surface area contributed by atoms with Crippen molar-refractivity contribution in [1.82, 2.24) is 29.2 Å². The van der Waals surface area contributed by atoms with E-state index in [1.165, 1.54) is 24.5 Å². The Morgan fingerprint density at radius 3 is 2.77 bits per heavy atom. The second kappa shape index (κ2) is 12.3. The number of carbonyl (C=O) groups excluding carboxylic acids is 1. The fourth-order valence-corrected chi connectivity index (χ4v) is 7.27. The number of pyridine rings is 2. The van der Waals surface area contributed by atoms with Gasteiger partial charge in [-0.3, -0.25) is 9.48 Å². The molecule has 10 nitrogen and oxygen atoms in total. The summed E-state index contributed by atoms with van der Waals surface area (Å²) in [6.07, 6.45) is 4.71. The quantitative estimate of drug-likeness (QED) is 0.132. The van der Waals surface area contributed by atoms with Crippen LogP contribution in [0.1, 0.15) is 24.2 Å². The van der Waals surface area contributed by atoms with Crippen molar-refractivity contribution in [3.63, 3.8) is 0 Å². The van der Waals surface area contributed by atoms with Crippen LogP contribution in [0.4, 0.5) is 8.78 Å². The number of methoxy groups -OCH3 is 1. The Morgan fingerprint density at radius 1 is 1.17 bits per heavy atom. The zero-order valence-electron chi connectivity index (χ0n) is 26.3. The lowest BCUT2D eigenvalue weighted by atomic mass is 9.96.